The van der Waals surface area contributed by atoms with Crippen LogP contribution >= 0.6 is 0 Å². The van der Waals surface area contributed by atoms with Crippen molar-refractivity contribution in [3.8, 4) is 16.9 Å². The molecule has 3 rings (SSSR count). The van der Waals surface area contributed by atoms with E-state index in [1.807, 2.05) is 24.5 Å². The molecule has 0 saturated carbocycles. The van der Waals surface area contributed by atoms with Crippen LogP contribution in [0.2, 0.25) is 0 Å². The van der Waals surface area contributed by atoms with Crippen LogP contribution in [0.3, 0.4) is 0 Å². The van der Waals surface area contributed by atoms with E-state index >= 15 is 0 Å². The number of hydrogen-bond acceptors (Lipinski definition) is 3. The van der Waals surface area contributed by atoms with Gasteiger partial charge in [0.2, 0.25) is 0 Å². The molecule has 0 heterocycles. The van der Waals surface area contributed by atoms with Gasteiger partial charge in [0.1, 0.15) is 5.75 Å². The Labute approximate surface area is 185 Å². The molecule has 0 fully saturated rings. The summed E-state index contributed by atoms with van der Waals surface area (Å²) in [5, 5.41) is 11.2. The number of aldehydes is 1. The molecule has 0 atom stereocenters. The Bertz CT molecular complexity index is 857. The molecule has 0 radical (unpaired) electrons. The van der Waals surface area contributed by atoms with Gasteiger partial charge in [0.25, 0.3) is 0 Å². The van der Waals surface area contributed by atoms with Crippen LogP contribution in [-0.2, 0) is 4.79 Å². The first-order valence-electron chi connectivity index (χ1n) is 6.42. The van der Waals surface area contributed by atoms with Crippen molar-refractivity contribution in [1.82, 2.24) is 0 Å². The fourth-order valence-electron chi connectivity index (χ4n) is 2.41. The van der Waals surface area contributed by atoms with Crippen molar-refractivity contribution in [2.75, 3.05) is 0 Å². The van der Waals surface area contributed by atoms with Gasteiger partial charge in [0, 0.05) is 0 Å². The Morgan fingerprint density at radius 1 is 0.917 bits per heavy atom. The summed E-state index contributed by atoms with van der Waals surface area (Å²) in [6.45, 7) is 0. The summed E-state index contributed by atoms with van der Waals surface area (Å²) in [5.41, 5.74) is 2.61. The molecular formula is C20H17KO3-2. The molecule has 0 aromatic heterocycles. The Hall–Kier alpha value is -1.30. The van der Waals surface area contributed by atoms with Gasteiger partial charge in [-0.05, 0) is 28.5 Å². The Morgan fingerprint density at radius 2 is 1.62 bits per heavy atom. The van der Waals surface area contributed by atoms with Crippen molar-refractivity contribution in [3.05, 3.63) is 80.6 Å². The predicted octanol–water partition coefficient (Wildman–Crippen LogP) is 1.39. The molecule has 0 bridgehead atoms. The van der Waals surface area contributed by atoms with Crippen molar-refractivity contribution in [2.24, 2.45) is 0 Å². The van der Waals surface area contributed by atoms with E-state index in [1.165, 1.54) is 6.07 Å². The summed E-state index contributed by atoms with van der Waals surface area (Å²) in [7, 11) is 0. The minimum Gasteiger partial charge on any atom is -0.507 e. The van der Waals surface area contributed by atoms with Crippen LogP contribution in [0.15, 0.2) is 54.6 Å². The van der Waals surface area contributed by atoms with Crippen LogP contribution in [-0.4, -0.2) is 17.7 Å². The van der Waals surface area contributed by atoms with Crippen LogP contribution in [0, 0.1) is 14.9 Å². The number of aromatic hydroxyl groups is 1. The van der Waals surface area contributed by atoms with Crippen LogP contribution in [0.4, 0.5) is 0 Å². The molecule has 4 heteroatoms. The number of benzene rings is 3. The molecule has 1 N–H and O–H groups in total. The van der Waals surface area contributed by atoms with Gasteiger partial charge in [-0.25, -0.2) is 0 Å². The second kappa shape index (κ2) is 9.86. The summed E-state index contributed by atoms with van der Waals surface area (Å²) in [4.78, 5) is 21.8. The average Bonchev–Trinajstić information content (AvgIpc) is 2.54. The van der Waals surface area contributed by atoms with Crippen molar-refractivity contribution in [2.45, 2.75) is 0 Å². The smallest absolute Gasteiger partial charge is 0.507 e. The van der Waals surface area contributed by atoms with E-state index in [0.29, 0.717) is 17.2 Å². The fourth-order valence-corrected chi connectivity index (χ4v) is 2.41. The minimum atomic E-state index is -0.0252. The maximum atomic E-state index is 11.1. The summed E-state index contributed by atoms with van der Waals surface area (Å²) < 4.78 is 0. The van der Waals surface area contributed by atoms with Crippen LogP contribution in [0.5, 0.6) is 5.75 Å². The molecule has 118 valence electrons. The second-order valence-corrected chi connectivity index (χ2v) is 4.73. The molecule has 0 unspecified atom stereocenters. The average molecular weight is 344 g/mol. The summed E-state index contributed by atoms with van der Waals surface area (Å²) >= 11 is 0. The number of carbonyl (C=O) groups excluding carboxylic acids is 2. The zero-order chi connectivity index (χ0) is 14.8. The van der Waals surface area contributed by atoms with Crippen molar-refractivity contribution >= 4 is 23.3 Å². The summed E-state index contributed by atoms with van der Waals surface area (Å²) in [6.07, 6.45) is 2.52. The molecule has 3 nitrogen and oxygen atoms in total. The van der Waals surface area contributed by atoms with E-state index in [2.05, 4.69) is 0 Å². The van der Waals surface area contributed by atoms with Gasteiger partial charge in [0.05, 0.1) is 11.8 Å². The third kappa shape index (κ3) is 4.40. The number of fused-ring (bicyclic) bond motifs is 1. The third-order valence-corrected chi connectivity index (χ3v) is 3.47. The maximum absolute atomic E-state index is 11.1. The number of phenolic OH excluding ortho intramolecular Hbond substituents is 1. The first kappa shape index (κ1) is 22.7. The number of rotatable bonds is 3. The van der Waals surface area contributed by atoms with Gasteiger partial charge >= 0.3 is 51.4 Å². The molecule has 24 heavy (non-hydrogen) atoms. The number of hydrogen-bond donors (Lipinski definition) is 1. The predicted molar refractivity (Wildman–Crippen MR) is 94.1 cm³/mol. The van der Waals surface area contributed by atoms with E-state index in [0.717, 1.165) is 16.5 Å². The molecule has 0 spiro atoms. The first-order valence-corrected chi connectivity index (χ1v) is 6.42. The van der Waals surface area contributed by atoms with E-state index < -0.39 is 0 Å². The second-order valence-electron chi connectivity index (χ2n) is 4.73. The Balaban J connectivity index is 0.00000176. The van der Waals surface area contributed by atoms with Crippen molar-refractivity contribution in [1.29, 1.82) is 0 Å². The topological polar surface area (TPSA) is 54.4 Å². The fraction of sp³-hybridized carbons (Fsp3) is 0. The van der Waals surface area contributed by atoms with E-state index in [9.17, 15) is 14.7 Å². The standard InChI is InChI=1S/C18H11O3.2CH3.K/c19-10-12-2-1-3-13(8-12)14-4-6-16-15(9-14)5-7-18(21)17(16)11-20;;;/h1-9,11,21H;2*1H3;/q3*-1;+1. The van der Waals surface area contributed by atoms with E-state index in [4.69, 9.17) is 0 Å². The molecular weight excluding hydrogens is 327 g/mol. The first-order chi connectivity index (χ1) is 10.2. The van der Waals surface area contributed by atoms with Gasteiger partial charge in [0.15, 0.2) is 6.29 Å². The molecule has 0 saturated heterocycles. The van der Waals surface area contributed by atoms with Crippen molar-refractivity contribution in [3.63, 3.8) is 0 Å². The largest absolute Gasteiger partial charge is 1.00 e. The molecule has 3 aromatic carbocycles. The SMILES string of the molecule is O=[C-]c1cccc(-c2ccc3c(C=O)c(O)ccc3c2)c1.[CH3-].[CH3-].[K+]. The maximum Gasteiger partial charge on any atom is 1.00 e. The van der Waals surface area contributed by atoms with E-state index in [1.54, 1.807) is 30.3 Å². The van der Waals surface area contributed by atoms with Crippen LogP contribution in [0.25, 0.3) is 21.9 Å². The molecule has 3 aromatic rings. The monoisotopic (exact) mass is 344 g/mol. The van der Waals surface area contributed by atoms with Crippen molar-refractivity contribution < 1.29 is 66.1 Å². The van der Waals surface area contributed by atoms with Gasteiger partial charge < -0.3 is 24.8 Å². The normalized spacial score (nSPS) is 9.17. The molecule has 0 amide bonds. The number of carbonyl (C=O) groups is 1. The Morgan fingerprint density at radius 3 is 2.29 bits per heavy atom. The third-order valence-electron chi connectivity index (χ3n) is 3.47. The van der Waals surface area contributed by atoms with E-state index in [-0.39, 0.29) is 77.6 Å². The Kier molecular flexibility index (Phi) is 9.33. The molecule has 0 aliphatic heterocycles. The zero-order valence-corrected chi connectivity index (χ0v) is 17.2. The number of phenols is 1. The van der Waals surface area contributed by atoms with Gasteiger partial charge in [-0.15, -0.1) is 6.07 Å². The molecule has 0 aliphatic carbocycles. The van der Waals surface area contributed by atoms with Gasteiger partial charge in [-0.2, -0.15) is 17.7 Å². The van der Waals surface area contributed by atoms with Gasteiger partial charge in [-0.1, -0.05) is 29.8 Å². The quantitative estimate of drug-likeness (QED) is 0.444. The van der Waals surface area contributed by atoms with Crippen LogP contribution < -0.4 is 51.4 Å². The zero-order valence-electron chi connectivity index (χ0n) is 14.0. The summed E-state index contributed by atoms with van der Waals surface area (Å²) in [6, 6.07) is 16.0. The molecule has 0 aliphatic rings. The minimum absolute atomic E-state index is 0. The van der Waals surface area contributed by atoms with Crippen LogP contribution in [0.1, 0.15) is 15.9 Å². The summed E-state index contributed by atoms with van der Waals surface area (Å²) in [5.74, 6) is -0.0252. The van der Waals surface area contributed by atoms with Gasteiger partial charge in [-0.3, -0.25) is 4.79 Å².